The standard InChI is InChI=1S/C23H18F3N5O2/c1-14-13-30-20(19(12-28-30)21(32)29-17-4-2-3-16(9-17)11-27)22(33)31(14)18-7-5-15(6-8-18)10-23(24,25)26/h2-9,12,14H,10,13H2,1H3,(H,29,32)/t14-/m0/s1. The zero-order valence-corrected chi connectivity index (χ0v) is 17.4. The predicted molar refractivity (Wildman–Crippen MR) is 114 cm³/mol. The van der Waals surface area contributed by atoms with Gasteiger partial charge in [0, 0.05) is 11.4 Å². The third kappa shape index (κ3) is 4.57. The Balaban J connectivity index is 1.60. The maximum atomic E-state index is 13.3. The molecule has 1 aliphatic heterocycles. The van der Waals surface area contributed by atoms with E-state index in [2.05, 4.69) is 10.4 Å². The Hall–Kier alpha value is -4.13. The summed E-state index contributed by atoms with van der Waals surface area (Å²) in [6.45, 7) is 2.10. The minimum atomic E-state index is -4.32. The van der Waals surface area contributed by atoms with Crippen molar-refractivity contribution in [2.75, 3.05) is 10.2 Å². The first kappa shape index (κ1) is 22.1. The highest BCUT2D eigenvalue weighted by molar-refractivity contribution is 6.15. The van der Waals surface area contributed by atoms with Crippen molar-refractivity contribution in [1.82, 2.24) is 9.78 Å². The van der Waals surface area contributed by atoms with Crippen LogP contribution in [-0.4, -0.2) is 33.8 Å². The third-order valence-electron chi connectivity index (χ3n) is 5.25. The molecule has 7 nitrogen and oxygen atoms in total. The van der Waals surface area contributed by atoms with Gasteiger partial charge < -0.3 is 10.2 Å². The average molecular weight is 453 g/mol. The molecular weight excluding hydrogens is 435 g/mol. The van der Waals surface area contributed by atoms with Crippen LogP contribution in [0.1, 0.15) is 38.9 Å². The van der Waals surface area contributed by atoms with Gasteiger partial charge in [-0.2, -0.15) is 23.5 Å². The molecule has 2 heterocycles. The Bertz CT molecular complexity index is 1260. The van der Waals surface area contributed by atoms with Crippen molar-refractivity contribution in [2.45, 2.75) is 32.1 Å². The number of fused-ring (bicyclic) bond motifs is 1. The van der Waals surface area contributed by atoms with Gasteiger partial charge in [-0.3, -0.25) is 14.3 Å². The van der Waals surface area contributed by atoms with Crippen LogP contribution in [0.4, 0.5) is 24.5 Å². The van der Waals surface area contributed by atoms with Crippen LogP contribution < -0.4 is 10.2 Å². The number of aromatic nitrogens is 2. The Labute approximate surface area is 187 Å². The number of hydrogen-bond acceptors (Lipinski definition) is 4. The zero-order valence-electron chi connectivity index (χ0n) is 17.4. The summed E-state index contributed by atoms with van der Waals surface area (Å²) in [5.41, 5.74) is 1.43. The molecule has 1 aromatic heterocycles. The number of benzene rings is 2. The molecule has 33 heavy (non-hydrogen) atoms. The van der Waals surface area contributed by atoms with Gasteiger partial charge in [-0.25, -0.2) is 0 Å². The van der Waals surface area contributed by atoms with Gasteiger partial charge in [-0.05, 0) is 42.8 Å². The summed E-state index contributed by atoms with van der Waals surface area (Å²) in [5.74, 6) is -1.04. The molecule has 0 aliphatic carbocycles. The molecule has 0 spiro atoms. The topological polar surface area (TPSA) is 91.0 Å². The normalized spacial score (nSPS) is 15.7. The van der Waals surface area contributed by atoms with E-state index < -0.39 is 24.4 Å². The monoisotopic (exact) mass is 453 g/mol. The van der Waals surface area contributed by atoms with Crippen molar-refractivity contribution in [3.63, 3.8) is 0 Å². The molecule has 1 aliphatic rings. The molecule has 168 valence electrons. The fourth-order valence-corrected chi connectivity index (χ4v) is 3.80. The quantitative estimate of drug-likeness (QED) is 0.642. The van der Waals surface area contributed by atoms with Crippen LogP contribution in [0.5, 0.6) is 0 Å². The molecule has 3 aromatic rings. The Morgan fingerprint density at radius 1 is 1.24 bits per heavy atom. The molecule has 0 radical (unpaired) electrons. The van der Waals surface area contributed by atoms with Crippen molar-refractivity contribution < 1.29 is 22.8 Å². The van der Waals surface area contributed by atoms with Gasteiger partial charge in [0.15, 0.2) is 0 Å². The number of carbonyl (C=O) groups is 2. The zero-order chi connectivity index (χ0) is 23.8. The number of amides is 2. The maximum absolute atomic E-state index is 13.3. The summed E-state index contributed by atoms with van der Waals surface area (Å²) >= 11 is 0. The van der Waals surface area contributed by atoms with E-state index in [4.69, 9.17) is 5.26 Å². The summed E-state index contributed by atoms with van der Waals surface area (Å²) in [4.78, 5) is 27.7. The molecule has 0 fully saturated rings. The molecule has 2 amide bonds. The van der Waals surface area contributed by atoms with E-state index in [0.717, 1.165) is 0 Å². The van der Waals surface area contributed by atoms with Crippen LogP contribution in [-0.2, 0) is 13.0 Å². The van der Waals surface area contributed by atoms with Crippen molar-refractivity contribution in [1.29, 1.82) is 5.26 Å². The molecule has 1 atom stereocenters. The van der Waals surface area contributed by atoms with E-state index in [1.54, 1.807) is 25.1 Å². The van der Waals surface area contributed by atoms with Gasteiger partial charge in [0.2, 0.25) is 0 Å². The van der Waals surface area contributed by atoms with Gasteiger partial charge in [-0.1, -0.05) is 18.2 Å². The lowest BCUT2D eigenvalue weighted by atomic mass is 10.1. The first-order valence-corrected chi connectivity index (χ1v) is 10.0. The number of rotatable bonds is 4. The molecular formula is C23H18F3N5O2. The smallest absolute Gasteiger partial charge is 0.322 e. The van der Waals surface area contributed by atoms with Crippen LogP contribution >= 0.6 is 0 Å². The molecule has 0 saturated carbocycles. The van der Waals surface area contributed by atoms with E-state index in [9.17, 15) is 22.8 Å². The van der Waals surface area contributed by atoms with Gasteiger partial charge in [0.25, 0.3) is 11.8 Å². The fraction of sp³-hybridized carbons (Fsp3) is 0.217. The minimum Gasteiger partial charge on any atom is -0.322 e. The third-order valence-corrected chi connectivity index (χ3v) is 5.25. The van der Waals surface area contributed by atoms with Crippen LogP contribution in [0.3, 0.4) is 0 Å². The Morgan fingerprint density at radius 3 is 2.64 bits per heavy atom. The summed E-state index contributed by atoms with van der Waals surface area (Å²) < 4.78 is 39.4. The van der Waals surface area contributed by atoms with Gasteiger partial charge in [0.05, 0.1) is 42.4 Å². The lowest BCUT2D eigenvalue weighted by Gasteiger charge is -2.34. The summed E-state index contributed by atoms with van der Waals surface area (Å²) in [7, 11) is 0. The van der Waals surface area contributed by atoms with Crippen LogP contribution in [0.2, 0.25) is 0 Å². The lowest BCUT2D eigenvalue weighted by molar-refractivity contribution is -0.127. The first-order valence-electron chi connectivity index (χ1n) is 10.0. The number of carbonyl (C=O) groups excluding carboxylic acids is 2. The molecule has 0 saturated heterocycles. The van der Waals surface area contributed by atoms with Crippen LogP contribution in [0, 0.1) is 11.3 Å². The number of alkyl halides is 3. The highest BCUT2D eigenvalue weighted by Gasteiger charge is 2.36. The number of nitrogens with zero attached hydrogens (tertiary/aromatic N) is 4. The molecule has 10 heteroatoms. The van der Waals surface area contributed by atoms with Crippen molar-refractivity contribution in [3.8, 4) is 6.07 Å². The van der Waals surface area contributed by atoms with Gasteiger partial charge in [-0.15, -0.1) is 0 Å². The summed E-state index contributed by atoms with van der Waals surface area (Å²) in [5, 5.41) is 15.9. The van der Waals surface area contributed by atoms with Crippen molar-refractivity contribution >= 4 is 23.2 Å². The first-order chi connectivity index (χ1) is 15.7. The molecule has 4 rings (SSSR count). The van der Waals surface area contributed by atoms with Crippen LogP contribution in [0.15, 0.2) is 54.7 Å². The summed E-state index contributed by atoms with van der Waals surface area (Å²) in [6, 6.07) is 13.6. The summed E-state index contributed by atoms with van der Waals surface area (Å²) in [6.07, 6.45) is -4.07. The second-order valence-electron chi connectivity index (χ2n) is 7.72. The van der Waals surface area contributed by atoms with E-state index in [1.807, 2.05) is 6.07 Å². The number of nitriles is 1. The molecule has 2 aromatic carbocycles. The number of nitrogens with one attached hydrogen (secondary N) is 1. The van der Waals surface area contributed by atoms with E-state index in [0.29, 0.717) is 23.5 Å². The minimum absolute atomic E-state index is 0.0629. The number of hydrogen-bond donors (Lipinski definition) is 1. The Kier molecular flexibility index (Phi) is 5.64. The fourth-order valence-electron chi connectivity index (χ4n) is 3.80. The highest BCUT2D eigenvalue weighted by Crippen LogP contribution is 2.29. The highest BCUT2D eigenvalue weighted by atomic mass is 19.4. The molecule has 0 bridgehead atoms. The molecule has 0 unspecified atom stereocenters. The SMILES string of the molecule is C[C@H]1Cn2ncc(C(=O)Nc3cccc(C#N)c3)c2C(=O)N1c1ccc(CC(F)(F)F)cc1. The van der Waals surface area contributed by atoms with Crippen molar-refractivity contribution in [3.05, 3.63) is 77.1 Å². The van der Waals surface area contributed by atoms with Gasteiger partial charge >= 0.3 is 6.18 Å². The van der Waals surface area contributed by atoms with E-state index in [1.165, 1.54) is 46.1 Å². The maximum Gasteiger partial charge on any atom is 0.393 e. The lowest BCUT2D eigenvalue weighted by Crippen LogP contribution is -2.47. The Morgan fingerprint density at radius 2 is 1.97 bits per heavy atom. The van der Waals surface area contributed by atoms with Crippen LogP contribution in [0.25, 0.3) is 0 Å². The number of halogens is 3. The molecule has 1 N–H and O–H groups in total. The number of anilines is 2. The van der Waals surface area contributed by atoms with E-state index >= 15 is 0 Å². The second-order valence-corrected chi connectivity index (χ2v) is 7.72. The van der Waals surface area contributed by atoms with Crippen molar-refractivity contribution in [2.24, 2.45) is 0 Å². The second kappa shape index (κ2) is 8.43. The largest absolute Gasteiger partial charge is 0.393 e. The average Bonchev–Trinajstić information content (AvgIpc) is 3.18. The van der Waals surface area contributed by atoms with E-state index in [-0.39, 0.29) is 22.9 Å². The van der Waals surface area contributed by atoms with Gasteiger partial charge in [0.1, 0.15) is 5.69 Å². The predicted octanol–water partition coefficient (Wildman–Crippen LogP) is 4.16.